The predicted molar refractivity (Wildman–Crippen MR) is 62.0 cm³/mol. The molecular formula is C12H17N3O3. The highest BCUT2D eigenvalue weighted by molar-refractivity contribution is 5.97. The van der Waals surface area contributed by atoms with E-state index in [0.29, 0.717) is 13.0 Å². The fourth-order valence-electron chi connectivity index (χ4n) is 3.15. The number of fused-ring (bicyclic) bond motifs is 5. The SMILES string of the molecule is CC(C)(C)OC(=O)N1C(=O)C2CC1C1CN=NC21. The quantitative estimate of drug-likeness (QED) is 0.656. The van der Waals surface area contributed by atoms with Crippen LogP contribution in [0.25, 0.3) is 0 Å². The van der Waals surface area contributed by atoms with Gasteiger partial charge in [-0.3, -0.25) is 4.79 Å². The summed E-state index contributed by atoms with van der Waals surface area (Å²) in [6.45, 7) is 6.02. The van der Waals surface area contributed by atoms with Crippen LogP contribution in [0.5, 0.6) is 0 Å². The van der Waals surface area contributed by atoms with E-state index in [1.165, 1.54) is 4.90 Å². The molecule has 3 aliphatic rings. The van der Waals surface area contributed by atoms with Gasteiger partial charge in [-0.2, -0.15) is 10.2 Å². The number of hydrogen-bond acceptors (Lipinski definition) is 5. The number of nitrogens with zero attached hydrogens (tertiary/aromatic N) is 3. The lowest BCUT2D eigenvalue weighted by molar-refractivity contribution is -0.134. The molecule has 18 heavy (non-hydrogen) atoms. The first-order chi connectivity index (χ1) is 8.38. The number of hydrogen-bond donors (Lipinski definition) is 0. The summed E-state index contributed by atoms with van der Waals surface area (Å²) >= 11 is 0. The molecule has 3 rings (SSSR count). The van der Waals surface area contributed by atoms with Gasteiger partial charge in [0.25, 0.3) is 0 Å². The standard InChI is InChI=1S/C12H17N3O3/c1-12(2,3)18-11(17)15-8-4-6(10(15)16)9-7(8)5-13-14-9/h6-9H,4-5H2,1-3H3. The van der Waals surface area contributed by atoms with Crippen molar-refractivity contribution >= 4 is 12.0 Å². The number of carbonyl (C=O) groups excluding carboxylic acids is 2. The average Bonchev–Trinajstić information content (AvgIpc) is 2.82. The summed E-state index contributed by atoms with van der Waals surface area (Å²) < 4.78 is 5.30. The fraction of sp³-hybridized carbons (Fsp3) is 0.833. The molecule has 2 amide bonds. The molecule has 2 aliphatic heterocycles. The highest BCUT2D eigenvalue weighted by Crippen LogP contribution is 2.47. The second kappa shape index (κ2) is 3.52. The molecule has 1 saturated heterocycles. The highest BCUT2D eigenvalue weighted by atomic mass is 16.6. The van der Waals surface area contributed by atoms with Gasteiger partial charge in [0.1, 0.15) is 5.60 Å². The Morgan fingerprint density at radius 3 is 2.83 bits per heavy atom. The van der Waals surface area contributed by atoms with E-state index in [9.17, 15) is 9.59 Å². The van der Waals surface area contributed by atoms with Crippen molar-refractivity contribution in [2.45, 2.75) is 44.9 Å². The number of rotatable bonds is 0. The molecule has 0 aromatic rings. The Bertz CT molecular complexity index is 440. The van der Waals surface area contributed by atoms with Crippen molar-refractivity contribution in [1.82, 2.24) is 4.90 Å². The Morgan fingerprint density at radius 1 is 1.44 bits per heavy atom. The van der Waals surface area contributed by atoms with Crippen LogP contribution >= 0.6 is 0 Å². The molecule has 0 radical (unpaired) electrons. The Morgan fingerprint density at radius 2 is 2.17 bits per heavy atom. The number of carbonyl (C=O) groups is 2. The van der Waals surface area contributed by atoms with Crippen LogP contribution in [0.3, 0.4) is 0 Å². The largest absolute Gasteiger partial charge is 0.443 e. The Kier molecular flexibility index (Phi) is 2.27. The first kappa shape index (κ1) is 11.6. The normalized spacial score (nSPS) is 37.3. The second-order valence-corrected chi connectivity index (χ2v) is 6.19. The van der Waals surface area contributed by atoms with E-state index in [2.05, 4.69) is 10.2 Å². The zero-order valence-electron chi connectivity index (χ0n) is 10.8. The van der Waals surface area contributed by atoms with E-state index in [1.807, 2.05) is 0 Å². The third kappa shape index (κ3) is 1.54. The van der Waals surface area contributed by atoms with Gasteiger partial charge in [-0.15, -0.1) is 0 Å². The first-order valence-corrected chi connectivity index (χ1v) is 6.31. The van der Waals surface area contributed by atoms with Crippen LogP contribution in [0.2, 0.25) is 0 Å². The predicted octanol–water partition coefficient (Wildman–Crippen LogP) is 1.60. The summed E-state index contributed by atoms with van der Waals surface area (Å²) in [6, 6.07) is -0.0708. The number of likely N-dealkylation sites (tertiary alicyclic amines) is 1. The smallest absolute Gasteiger partial charge is 0.417 e. The molecule has 4 atom stereocenters. The summed E-state index contributed by atoms with van der Waals surface area (Å²) in [6.07, 6.45) is 0.192. The van der Waals surface area contributed by atoms with Crippen molar-refractivity contribution < 1.29 is 14.3 Å². The maximum atomic E-state index is 12.2. The number of azo groups is 1. The van der Waals surface area contributed by atoms with Crippen LogP contribution in [-0.4, -0.2) is 41.1 Å². The van der Waals surface area contributed by atoms with Crippen molar-refractivity contribution in [2.24, 2.45) is 22.1 Å². The summed E-state index contributed by atoms with van der Waals surface area (Å²) in [4.78, 5) is 25.5. The first-order valence-electron chi connectivity index (χ1n) is 6.31. The van der Waals surface area contributed by atoms with Crippen molar-refractivity contribution in [2.75, 3.05) is 6.54 Å². The minimum Gasteiger partial charge on any atom is -0.443 e. The maximum Gasteiger partial charge on any atom is 0.417 e. The zero-order chi connectivity index (χ0) is 13.1. The average molecular weight is 251 g/mol. The van der Waals surface area contributed by atoms with Gasteiger partial charge in [0, 0.05) is 5.92 Å². The van der Waals surface area contributed by atoms with Crippen LogP contribution in [0.4, 0.5) is 4.79 Å². The third-order valence-electron chi connectivity index (χ3n) is 3.82. The monoisotopic (exact) mass is 251 g/mol. The van der Waals surface area contributed by atoms with Crippen molar-refractivity contribution in [3.63, 3.8) is 0 Å². The van der Waals surface area contributed by atoms with E-state index in [4.69, 9.17) is 4.74 Å². The van der Waals surface area contributed by atoms with E-state index in [1.54, 1.807) is 20.8 Å². The van der Waals surface area contributed by atoms with Crippen LogP contribution in [-0.2, 0) is 9.53 Å². The molecule has 0 aromatic carbocycles. The van der Waals surface area contributed by atoms with Gasteiger partial charge in [-0.1, -0.05) is 0 Å². The molecule has 1 saturated carbocycles. The second-order valence-electron chi connectivity index (χ2n) is 6.19. The van der Waals surface area contributed by atoms with Crippen LogP contribution in [0.15, 0.2) is 10.2 Å². The highest BCUT2D eigenvalue weighted by Gasteiger charge is 2.61. The lowest BCUT2D eigenvalue weighted by atomic mass is 9.94. The number of amides is 2. The number of piperidine rings is 1. The fourth-order valence-corrected chi connectivity index (χ4v) is 3.15. The third-order valence-corrected chi connectivity index (χ3v) is 3.82. The van der Waals surface area contributed by atoms with E-state index < -0.39 is 11.7 Å². The molecule has 4 unspecified atom stereocenters. The molecule has 0 N–H and O–H groups in total. The zero-order valence-corrected chi connectivity index (χ0v) is 10.8. The van der Waals surface area contributed by atoms with Crippen molar-refractivity contribution in [1.29, 1.82) is 0 Å². The molecule has 1 aliphatic carbocycles. The Balaban J connectivity index is 1.79. The summed E-state index contributed by atoms with van der Waals surface area (Å²) in [5.41, 5.74) is -0.580. The summed E-state index contributed by atoms with van der Waals surface area (Å²) in [5, 5.41) is 8.13. The molecule has 6 heteroatoms. The van der Waals surface area contributed by atoms with Gasteiger partial charge in [-0.05, 0) is 27.2 Å². The molecule has 2 fully saturated rings. The van der Waals surface area contributed by atoms with Crippen LogP contribution in [0.1, 0.15) is 27.2 Å². The molecule has 6 nitrogen and oxygen atoms in total. The van der Waals surface area contributed by atoms with E-state index >= 15 is 0 Å². The molecule has 0 aromatic heterocycles. The van der Waals surface area contributed by atoms with Crippen LogP contribution < -0.4 is 0 Å². The minimum absolute atomic E-state index is 0.00110. The van der Waals surface area contributed by atoms with Gasteiger partial charge >= 0.3 is 6.09 Å². The lowest BCUT2D eigenvalue weighted by Gasteiger charge is -2.32. The maximum absolute atomic E-state index is 12.2. The Labute approximate surface area is 105 Å². The Hall–Kier alpha value is -1.46. The van der Waals surface area contributed by atoms with E-state index in [0.717, 1.165) is 0 Å². The molecule has 98 valence electrons. The molecule has 2 bridgehead atoms. The number of imide groups is 1. The van der Waals surface area contributed by atoms with Crippen LogP contribution in [0, 0.1) is 11.8 Å². The lowest BCUT2D eigenvalue weighted by Crippen LogP contribution is -2.51. The van der Waals surface area contributed by atoms with Crippen molar-refractivity contribution in [3.05, 3.63) is 0 Å². The molecular weight excluding hydrogens is 234 g/mol. The minimum atomic E-state index is -0.580. The molecule has 0 spiro atoms. The topological polar surface area (TPSA) is 71.3 Å². The molecule has 2 heterocycles. The van der Waals surface area contributed by atoms with Crippen molar-refractivity contribution in [3.8, 4) is 0 Å². The van der Waals surface area contributed by atoms with Gasteiger partial charge in [0.15, 0.2) is 0 Å². The number of ether oxygens (including phenoxy) is 1. The summed E-state index contributed by atoms with van der Waals surface area (Å²) in [5.74, 6) is -0.102. The summed E-state index contributed by atoms with van der Waals surface area (Å²) in [7, 11) is 0. The van der Waals surface area contributed by atoms with Gasteiger partial charge < -0.3 is 4.74 Å². The van der Waals surface area contributed by atoms with Gasteiger partial charge in [0.2, 0.25) is 5.91 Å². The van der Waals surface area contributed by atoms with Gasteiger partial charge in [-0.25, -0.2) is 9.69 Å². The van der Waals surface area contributed by atoms with Gasteiger partial charge in [0.05, 0.1) is 24.5 Å². The van der Waals surface area contributed by atoms with E-state index in [-0.39, 0.29) is 29.8 Å².